The number of hydrogen-bond acceptors (Lipinski definition) is 2. The lowest BCUT2D eigenvalue weighted by molar-refractivity contribution is -0.387. The van der Waals surface area contributed by atoms with Crippen LogP contribution in [0.1, 0.15) is 16.8 Å². The molecule has 26 heavy (non-hydrogen) atoms. The topological polar surface area (TPSA) is 34.1 Å². The summed E-state index contributed by atoms with van der Waals surface area (Å²) >= 11 is 5.80. The highest BCUT2D eigenvalue weighted by Crippen LogP contribution is 2.55. The van der Waals surface area contributed by atoms with Crippen molar-refractivity contribution in [2.24, 2.45) is 0 Å². The summed E-state index contributed by atoms with van der Waals surface area (Å²) < 4.78 is 115. The maximum absolute atomic E-state index is 13.6. The summed E-state index contributed by atoms with van der Waals surface area (Å²) in [6.07, 6.45) is -16.4. The maximum Gasteiger partial charge on any atom is 0.438 e. The van der Waals surface area contributed by atoms with Gasteiger partial charge in [-0.1, -0.05) is 31.9 Å². The highest BCUT2D eigenvalue weighted by Gasteiger charge is 2.86. The summed E-state index contributed by atoms with van der Waals surface area (Å²) in [5.41, 5.74) is -7.61. The molecule has 0 saturated carbocycles. The Morgan fingerprint density at radius 1 is 0.769 bits per heavy atom. The van der Waals surface area contributed by atoms with E-state index in [1.165, 1.54) is 6.07 Å². The minimum absolute atomic E-state index is 0.194. The first-order valence-corrected chi connectivity index (χ1v) is 7.76. The number of ketones is 2. The lowest BCUT2D eigenvalue weighted by Crippen LogP contribution is -2.67. The number of carbonyl (C=O) groups excluding carboxylic acids is 2. The van der Waals surface area contributed by atoms with Crippen molar-refractivity contribution >= 4 is 43.4 Å². The van der Waals surface area contributed by atoms with Crippen molar-refractivity contribution in [3.63, 3.8) is 0 Å². The quantitative estimate of drug-likeness (QED) is 0.277. The largest absolute Gasteiger partial charge is 0.438 e. The molecular formula is C13H5Br2F9O2. The van der Waals surface area contributed by atoms with Gasteiger partial charge in [0.05, 0.1) is 6.42 Å². The second kappa shape index (κ2) is 7.13. The number of halogens is 11. The molecule has 0 aliphatic heterocycles. The summed E-state index contributed by atoms with van der Waals surface area (Å²) in [4.78, 5) is 23.1. The van der Waals surface area contributed by atoms with Crippen molar-refractivity contribution in [3.8, 4) is 0 Å². The average Bonchev–Trinajstić information content (AvgIpc) is 2.42. The highest BCUT2D eigenvalue weighted by molar-refractivity contribution is 9.11. The minimum atomic E-state index is -7.15. The molecule has 0 aliphatic carbocycles. The molecular weight excluding hydrogens is 519 g/mol. The molecule has 0 atom stereocenters. The Morgan fingerprint density at radius 3 is 1.50 bits per heavy atom. The first kappa shape index (κ1) is 22.9. The lowest BCUT2D eigenvalue weighted by Gasteiger charge is -2.35. The lowest BCUT2D eigenvalue weighted by atomic mass is 9.89. The molecule has 0 radical (unpaired) electrons. The second-order valence-corrected chi connectivity index (χ2v) is 6.74. The molecule has 0 fully saturated rings. The van der Waals surface area contributed by atoms with Gasteiger partial charge in [-0.05, 0) is 18.2 Å². The smallest absolute Gasteiger partial charge is 0.294 e. The van der Waals surface area contributed by atoms with Crippen LogP contribution in [0.25, 0.3) is 0 Å². The van der Waals surface area contributed by atoms with E-state index in [4.69, 9.17) is 0 Å². The van der Waals surface area contributed by atoms with Gasteiger partial charge in [0.25, 0.3) is 0 Å². The summed E-state index contributed by atoms with van der Waals surface area (Å²) in [6, 6.07) is 3.33. The Bertz CT molecular complexity index is 691. The summed E-state index contributed by atoms with van der Waals surface area (Å²) in [5, 5.41) is 0. The standard InChI is InChI=1S/C13H5Br2F9O2/c14-6-1-5(2-7(15)3-6)8(25)4-9(26)10(16,17)11(18,12(19,20)21)13(22,23)24/h1-3H,4H2. The molecule has 0 aromatic heterocycles. The van der Waals surface area contributed by atoms with Gasteiger partial charge in [0.1, 0.15) is 0 Å². The Morgan fingerprint density at radius 2 is 1.15 bits per heavy atom. The van der Waals surface area contributed by atoms with Crippen LogP contribution in [-0.4, -0.2) is 35.5 Å². The van der Waals surface area contributed by atoms with Gasteiger partial charge in [0.2, 0.25) is 5.78 Å². The van der Waals surface area contributed by atoms with E-state index in [0.29, 0.717) is 0 Å². The van der Waals surface area contributed by atoms with Crippen LogP contribution in [0.15, 0.2) is 27.1 Å². The van der Waals surface area contributed by atoms with Gasteiger partial charge in [-0.25, -0.2) is 4.39 Å². The van der Waals surface area contributed by atoms with E-state index >= 15 is 0 Å². The molecule has 146 valence electrons. The first-order valence-electron chi connectivity index (χ1n) is 6.18. The van der Waals surface area contributed by atoms with Crippen LogP contribution in [0.3, 0.4) is 0 Å². The highest BCUT2D eigenvalue weighted by atomic mass is 79.9. The summed E-state index contributed by atoms with van der Waals surface area (Å²) in [7, 11) is 0. The zero-order chi connectivity index (χ0) is 20.7. The van der Waals surface area contributed by atoms with Gasteiger partial charge < -0.3 is 0 Å². The van der Waals surface area contributed by atoms with Crippen molar-refractivity contribution in [3.05, 3.63) is 32.7 Å². The van der Waals surface area contributed by atoms with Crippen molar-refractivity contribution < 1.29 is 49.1 Å². The van der Waals surface area contributed by atoms with Crippen molar-refractivity contribution in [1.29, 1.82) is 0 Å². The van der Waals surface area contributed by atoms with E-state index in [1.54, 1.807) is 0 Å². The average molecular weight is 524 g/mol. The monoisotopic (exact) mass is 522 g/mol. The molecule has 0 saturated heterocycles. The first-order chi connectivity index (χ1) is 11.4. The SMILES string of the molecule is O=C(CC(=O)C(F)(F)C(F)(C(F)(F)F)C(F)(F)F)c1cc(Br)cc(Br)c1. The molecule has 0 bridgehead atoms. The van der Waals surface area contributed by atoms with E-state index < -0.39 is 47.5 Å². The number of benzene rings is 1. The maximum atomic E-state index is 13.6. The van der Waals surface area contributed by atoms with Crippen LogP contribution >= 0.6 is 31.9 Å². The normalized spacial score (nSPS) is 13.7. The summed E-state index contributed by atoms with van der Waals surface area (Å²) in [6.45, 7) is 0. The third-order valence-electron chi connectivity index (χ3n) is 3.07. The van der Waals surface area contributed by atoms with Gasteiger partial charge in [-0.3, -0.25) is 9.59 Å². The molecule has 0 amide bonds. The zero-order valence-corrected chi connectivity index (χ0v) is 15.1. The van der Waals surface area contributed by atoms with Crippen molar-refractivity contribution in [2.45, 2.75) is 30.4 Å². The van der Waals surface area contributed by atoms with E-state index in [-0.39, 0.29) is 8.95 Å². The van der Waals surface area contributed by atoms with Gasteiger partial charge in [-0.2, -0.15) is 35.1 Å². The zero-order valence-electron chi connectivity index (χ0n) is 11.9. The molecule has 0 aliphatic rings. The molecule has 2 nitrogen and oxygen atoms in total. The Hall–Kier alpha value is -1.11. The molecule has 0 spiro atoms. The number of rotatable bonds is 5. The molecule has 1 aromatic carbocycles. The van der Waals surface area contributed by atoms with E-state index in [2.05, 4.69) is 31.9 Å². The molecule has 1 aromatic rings. The Balaban J connectivity index is 3.26. The van der Waals surface area contributed by atoms with Gasteiger partial charge >= 0.3 is 23.9 Å². The van der Waals surface area contributed by atoms with Gasteiger partial charge in [0.15, 0.2) is 5.78 Å². The molecule has 0 unspecified atom stereocenters. The number of Topliss-reactive ketones (excluding diaryl/α,β-unsaturated/α-hetero) is 2. The van der Waals surface area contributed by atoms with Crippen LogP contribution in [0.4, 0.5) is 39.5 Å². The Labute approximate surface area is 156 Å². The second-order valence-electron chi connectivity index (χ2n) is 4.91. The number of carbonyl (C=O) groups is 2. The van der Waals surface area contributed by atoms with Crippen LogP contribution < -0.4 is 0 Å². The predicted molar refractivity (Wildman–Crippen MR) is 76.7 cm³/mol. The number of hydrogen-bond donors (Lipinski definition) is 0. The third kappa shape index (κ3) is 4.07. The summed E-state index contributed by atoms with van der Waals surface area (Å²) in [5.74, 6) is -11.2. The molecule has 1 rings (SSSR count). The molecule has 0 N–H and O–H groups in total. The van der Waals surface area contributed by atoms with Crippen LogP contribution in [0, 0.1) is 0 Å². The van der Waals surface area contributed by atoms with E-state index in [1.807, 2.05) is 0 Å². The minimum Gasteiger partial charge on any atom is -0.294 e. The fourth-order valence-corrected chi connectivity index (χ4v) is 3.08. The fraction of sp³-hybridized carbons (Fsp3) is 0.385. The van der Waals surface area contributed by atoms with Crippen LogP contribution in [0.5, 0.6) is 0 Å². The predicted octanol–water partition coefficient (Wildman–Crippen LogP) is 5.82. The van der Waals surface area contributed by atoms with Gasteiger partial charge in [0, 0.05) is 14.5 Å². The van der Waals surface area contributed by atoms with E-state index in [0.717, 1.165) is 12.1 Å². The van der Waals surface area contributed by atoms with Crippen molar-refractivity contribution in [2.75, 3.05) is 0 Å². The van der Waals surface area contributed by atoms with Crippen molar-refractivity contribution in [1.82, 2.24) is 0 Å². The van der Waals surface area contributed by atoms with Gasteiger partial charge in [-0.15, -0.1) is 0 Å². The van der Waals surface area contributed by atoms with Crippen LogP contribution in [-0.2, 0) is 4.79 Å². The number of alkyl halides is 9. The fourth-order valence-electron chi connectivity index (χ4n) is 1.78. The molecule has 0 heterocycles. The third-order valence-corrected chi connectivity index (χ3v) is 3.99. The molecule has 13 heteroatoms. The Kier molecular flexibility index (Phi) is 6.29. The van der Waals surface area contributed by atoms with E-state index in [9.17, 15) is 49.1 Å². The van der Waals surface area contributed by atoms with Crippen LogP contribution in [0.2, 0.25) is 0 Å².